The Morgan fingerprint density at radius 2 is 1.02 bits per heavy atom. The first-order valence-corrected chi connectivity index (χ1v) is 15.1. The molecule has 0 N–H and O–H groups in total. The van der Waals surface area contributed by atoms with Crippen LogP contribution in [0.4, 0.5) is 17.1 Å². The first-order valence-electron chi connectivity index (χ1n) is 15.1. The molecule has 2 heterocycles. The number of rotatable bonds is 4. The van der Waals surface area contributed by atoms with Crippen molar-refractivity contribution in [2.45, 2.75) is 19.3 Å². The Kier molecular flexibility index (Phi) is 6.13. The van der Waals surface area contributed by atoms with Crippen molar-refractivity contribution in [3.05, 3.63) is 163 Å². The molecule has 1 aliphatic heterocycles. The molecular formula is C41H31N3. The van der Waals surface area contributed by atoms with Crippen molar-refractivity contribution in [1.82, 2.24) is 9.97 Å². The monoisotopic (exact) mass is 565 g/mol. The van der Waals surface area contributed by atoms with E-state index in [0.29, 0.717) is 5.82 Å². The summed E-state index contributed by atoms with van der Waals surface area (Å²) in [7, 11) is 0. The molecule has 0 atom stereocenters. The fourth-order valence-corrected chi connectivity index (χ4v) is 6.59. The molecule has 1 aromatic heterocycles. The number of hydrogen-bond donors (Lipinski definition) is 0. The zero-order chi connectivity index (χ0) is 29.7. The van der Waals surface area contributed by atoms with Crippen LogP contribution in [-0.2, 0) is 5.41 Å². The van der Waals surface area contributed by atoms with Gasteiger partial charge in [-0.2, -0.15) is 0 Å². The van der Waals surface area contributed by atoms with Crippen LogP contribution >= 0.6 is 0 Å². The number of anilines is 3. The van der Waals surface area contributed by atoms with Crippen LogP contribution in [0.25, 0.3) is 44.7 Å². The molecule has 0 saturated carbocycles. The highest BCUT2D eigenvalue weighted by Gasteiger charge is 2.36. The lowest BCUT2D eigenvalue weighted by atomic mass is 9.73. The second kappa shape index (κ2) is 10.3. The molecule has 7 aromatic rings. The topological polar surface area (TPSA) is 29.0 Å². The molecule has 6 aromatic carbocycles. The average molecular weight is 566 g/mol. The minimum atomic E-state index is -0.0883. The summed E-state index contributed by atoms with van der Waals surface area (Å²) in [5.74, 6) is 0.716. The first kappa shape index (κ1) is 26.1. The van der Waals surface area contributed by atoms with E-state index in [0.717, 1.165) is 39.0 Å². The van der Waals surface area contributed by atoms with Crippen molar-refractivity contribution in [3.63, 3.8) is 0 Å². The normalized spacial score (nSPS) is 13.4. The van der Waals surface area contributed by atoms with E-state index in [9.17, 15) is 0 Å². The molecule has 0 saturated heterocycles. The van der Waals surface area contributed by atoms with Gasteiger partial charge in [-0.25, -0.2) is 9.97 Å². The van der Waals surface area contributed by atoms with Gasteiger partial charge in [0.25, 0.3) is 0 Å². The van der Waals surface area contributed by atoms with E-state index in [1.165, 1.54) is 28.1 Å². The van der Waals surface area contributed by atoms with E-state index >= 15 is 0 Å². The number of fused-ring (bicyclic) bond motifs is 3. The summed E-state index contributed by atoms with van der Waals surface area (Å²) in [6.07, 6.45) is 0. The van der Waals surface area contributed by atoms with Gasteiger partial charge in [0.05, 0.1) is 22.6 Å². The fourth-order valence-electron chi connectivity index (χ4n) is 6.59. The summed E-state index contributed by atoms with van der Waals surface area (Å²) in [6, 6.07) is 53.5. The SMILES string of the molecule is CC1(C)c2ccccc2N(c2ccc(-c3nc(-c4ccccc4)c4ccc(-c5ccccc5)cc4n3)cc2)c2ccccc21. The standard InChI is InChI=1S/C41H31N3/c1-41(2)34-17-9-11-19-37(34)44(38-20-12-10-18-35(38)41)32-24-21-30(22-25-32)40-42-36-27-31(28-13-5-3-6-14-28)23-26-33(36)39(43-40)29-15-7-4-8-16-29/h3-27H,1-2H3. The van der Waals surface area contributed by atoms with Crippen LogP contribution in [-0.4, -0.2) is 9.97 Å². The zero-order valence-corrected chi connectivity index (χ0v) is 24.8. The maximum atomic E-state index is 5.15. The Morgan fingerprint density at radius 3 is 1.66 bits per heavy atom. The van der Waals surface area contributed by atoms with Gasteiger partial charge in [-0.1, -0.05) is 117 Å². The summed E-state index contributed by atoms with van der Waals surface area (Å²) < 4.78 is 0. The van der Waals surface area contributed by atoms with Crippen molar-refractivity contribution >= 4 is 28.0 Å². The highest BCUT2D eigenvalue weighted by Crippen LogP contribution is 2.51. The third-order valence-electron chi connectivity index (χ3n) is 8.87. The number of hydrogen-bond acceptors (Lipinski definition) is 3. The van der Waals surface area contributed by atoms with E-state index in [1.807, 2.05) is 12.1 Å². The van der Waals surface area contributed by atoms with E-state index in [-0.39, 0.29) is 5.41 Å². The van der Waals surface area contributed by atoms with Crippen LogP contribution in [0, 0.1) is 0 Å². The Hall–Kier alpha value is -5.54. The molecule has 1 aliphatic rings. The largest absolute Gasteiger partial charge is 0.310 e. The molecule has 8 rings (SSSR count). The van der Waals surface area contributed by atoms with Crippen LogP contribution in [0.1, 0.15) is 25.0 Å². The summed E-state index contributed by atoms with van der Waals surface area (Å²) in [5, 5.41) is 1.04. The van der Waals surface area contributed by atoms with Crippen molar-refractivity contribution in [3.8, 4) is 33.8 Å². The molecule has 0 spiro atoms. The van der Waals surface area contributed by atoms with Crippen molar-refractivity contribution in [1.29, 1.82) is 0 Å². The molecule has 3 nitrogen and oxygen atoms in total. The molecule has 0 fully saturated rings. The van der Waals surface area contributed by atoms with E-state index < -0.39 is 0 Å². The molecular weight excluding hydrogens is 534 g/mol. The number of benzene rings is 6. The average Bonchev–Trinajstić information content (AvgIpc) is 3.09. The zero-order valence-electron chi connectivity index (χ0n) is 24.8. The molecule has 0 unspecified atom stereocenters. The fraction of sp³-hybridized carbons (Fsp3) is 0.0732. The van der Waals surface area contributed by atoms with Gasteiger partial charge in [0, 0.05) is 27.6 Å². The molecule has 0 bridgehead atoms. The molecule has 44 heavy (non-hydrogen) atoms. The number of nitrogens with zero attached hydrogens (tertiary/aromatic N) is 3. The Morgan fingerprint density at radius 1 is 0.477 bits per heavy atom. The maximum absolute atomic E-state index is 5.15. The first-order chi connectivity index (χ1) is 21.6. The van der Waals surface area contributed by atoms with Gasteiger partial charge in [0.15, 0.2) is 5.82 Å². The molecule has 0 amide bonds. The number of para-hydroxylation sites is 2. The summed E-state index contributed by atoms with van der Waals surface area (Å²) >= 11 is 0. The van der Waals surface area contributed by atoms with E-state index in [4.69, 9.17) is 9.97 Å². The highest BCUT2D eigenvalue weighted by molar-refractivity contribution is 5.96. The predicted molar refractivity (Wildman–Crippen MR) is 183 cm³/mol. The van der Waals surface area contributed by atoms with Crippen LogP contribution in [0.2, 0.25) is 0 Å². The lowest BCUT2D eigenvalue weighted by Crippen LogP contribution is -2.30. The van der Waals surface area contributed by atoms with E-state index in [2.05, 4.69) is 158 Å². The van der Waals surface area contributed by atoms with Crippen molar-refractivity contribution in [2.24, 2.45) is 0 Å². The van der Waals surface area contributed by atoms with Gasteiger partial charge in [-0.15, -0.1) is 0 Å². The van der Waals surface area contributed by atoms with Gasteiger partial charge in [0.2, 0.25) is 0 Å². The third kappa shape index (κ3) is 4.28. The van der Waals surface area contributed by atoms with Crippen molar-refractivity contribution in [2.75, 3.05) is 4.90 Å². The lowest BCUT2D eigenvalue weighted by molar-refractivity contribution is 0.632. The second-order valence-electron chi connectivity index (χ2n) is 11.9. The van der Waals surface area contributed by atoms with Crippen LogP contribution < -0.4 is 4.90 Å². The van der Waals surface area contributed by atoms with Gasteiger partial charge in [-0.3, -0.25) is 0 Å². The second-order valence-corrected chi connectivity index (χ2v) is 11.9. The molecule has 3 heteroatoms. The molecule has 210 valence electrons. The summed E-state index contributed by atoms with van der Waals surface area (Å²) in [4.78, 5) is 12.7. The third-order valence-corrected chi connectivity index (χ3v) is 8.87. The summed E-state index contributed by atoms with van der Waals surface area (Å²) in [6.45, 7) is 4.63. The van der Waals surface area contributed by atoms with Crippen LogP contribution in [0.15, 0.2) is 152 Å². The van der Waals surface area contributed by atoms with Crippen molar-refractivity contribution < 1.29 is 0 Å². The van der Waals surface area contributed by atoms with Gasteiger partial charge < -0.3 is 4.90 Å². The molecule has 0 radical (unpaired) electrons. The molecule has 0 aliphatic carbocycles. The smallest absolute Gasteiger partial charge is 0.160 e. The van der Waals surface area contributed by atoms with Gasteiger partial charge >= 0.3 is 0 Å². The minimum Gasteiger partial charge on any atom is -0.310 e. The van der Waals surface area contributed by atoms with E-state index in [1.54, 1.807) is 0 Å². The Balaban J connectivity index is 1.26. The quantitative estimate of drug-likeness (QED) is 0.213. The summed E-state index contributed by atoms with van der Waals surface area (Å²) in [5.41, 5.74) is 12.3. The van der Waals surface area contributed by atoms with Gasteiger partial charge in [-0.05, 0) is 70.8 Å². The number of aromatic nitrogens is 2. The lowest BCUT2D eigenvalue weighted by Gasteiger charge is -2.42. The Labute approximate surface area is 258 Å². The minimum absolute atomic E-state index is 0.0883. The van der Waals surface area contributed by atoms with Gasteiger partial charge in [0.1, 0.15) is 0 Å². The predicted octanol–water partition coefficient (Wildman–Crippen LogP) is 10.7. The Bertz CT molecular complexity index is 2080. The highest BCUT2D eigenvalue weighted by atomic mass is 15.2. The van der Waals surface area contributed by atoms with Crippen LogP contribution in [0.3, 0.4) is 0 Å². The van der Waals surface area contributed by atoms with Crippen LogP contribution in [0.5, 0.6) is 0 Å². The maximum Gasteiger partial charge on any atom is 0.160 e.